The Morgan fingerprint density at radius 3 is 2.83 bits per heavy atom. The molecule has 0 bridgehead atoms. The average Bonchev–Trinajstić information content (AvgIpc) is 2.62. The third kappa shape index (κ3) is 4.35. The number of benzene rings is 1. The van der Waals surface area contributed by atoms with Crippen molar-refractivity contribution < 1.29 is 9.47 Å². The van der Waals surface area contributed by atoms with E-state index in [1.54, 1.807) is 7.11 Å². The smallest absolute Gasteiger partial charge is 0.134 e. The molecule has 1 N–H and O–H groups in total. The van der Waals surface area contributed by atoms with Crippen LogP contribution < -0.4 is 15.0 Å². The Morgan fingerprint density at radius 2 is 2.04 bits per heavy atom. The molecule has 0 atom stereocenters. The van der Waals surface area contributed by atoms with Crippen LogP contribution in [0.4, 0.5) is 11.6 Å². The van der Waals surface area contributed by atoms with Crippen molar-refractivity contribution in [1.29, 1.82) is 0 Å². The van der Waals surface area contributed by atoms with E-state index in [2.05, 4.69) is 32.3 Å². The van der Waals surface area contributed by atoms with E-state index in [4.69, 9.17) is 9.47 Å². The van der Waals surface area contributed by atoms with Gasteiger partial charge in [0, 0.05) is 25.7 Å². The van der Waals surface area contributed by atoms with E-state index in [0.29, 0.717) is 0 Å². The first kappa shape index (κ1) is 16.5. The molecule has 1 aliphatic heterocycles. The van der Waals surface area contributed by atoms with Crippen LogP contribution in [0.5, 0.6) is 5.75 Å². The zero-order valence-corrected chi connectivity index (χ0v) is 14.3. The molecule has 1 saturated heterocycles. The number of aryl methyl sites for hydroxylation is 1. The second-order valence-corrected chi connectivity index (χ2v) is 5.79. The summed E-state index contributed by atoms with van der Waals surface area (Å²) >= 11 is 0. The highest BCUT2D eigenvalue weighted by molar-refractivity contribution is 5.49. The van der Waals surface area contributed by atoms with Gasteiger partial charge in [0.05, 0.1) is 20.3 Å². The molecule has 128 valence electrons. The summed E-state index contributed by atoms with van der Waals surface area (Å²) in [5.41, 5.74) is 1.24. The van der Waals surface area contributed by atoms with Crippen molar-refractivity contribution in [2.24, 2.45) is 0 Å². The largest absolute Gasteiger partial charge is 0.497 e. The van der Waals surface area contributed by atoms with Gasteiger partial charge in [-0.15, -0.1) is 0 Å². The van der Waals surface area contributed by atoms with Crippen molar-refractivity contribution >= 4 is 11.6 Å². The van der Waals surface area contributed by atoms with Gasteiger partial charge in [0.2, 0.25) is 0 Å². The molecule has 0 saturated carbocycles. The van der Waals surface area contributed by atoms with Gasteiger partial charge in [-0.2, -0.15) is 0 Å². The quantitative estimate of drug-likeness (QED) is 0.878. The van der Waals surface area contributed by atoms with Crippen LogP contribution in [0.1, 0.15) is 11.4 Å². The van der Waals surface area contributed by atoms with Crippen molar-refractivity contribution in [2.75, 3.05) is 50.2 Å². The molecular formula is C18H24N4O2. The Morgan fingerprint density at radius 1 is 1.21 bits per heavy atom. The van der Waals surface area contributed by atoms with Crippen molar-refractivity contribution in [3.05, 3.63) is 41.7 Å². The number of aromatic nitrogens is 2. The van der Waals surface area contributed by atoms with E-state index in [1.807, 2.05) is 25.1 Å². The third-order valence-corrected chi connectivity index (χ3v) is 4.01. The first-order valence-corrected chi connectivity index (χ1v) is 8.30. The van der Waals surface area contributed by atoms with E-state index in [9.17, 15) is 0 Å². The molecule has 1 fully saturated rings. The molecule has 1 aromatic heterocycles. The molecule has 6 nitrogen and oxygen atoms in total. The van der Waals surface area contributed by atoms with Gasteiger partial charge in [0.15, 0.2) is 0 Å². The Bertz CT molecular complexity index is 672. The highest BCUT2D eigenvalue weighted by Gasteiger charge is 2.14. The highest BCUT2D eigenvalue weighted by atomic mass is 16.5. The van der Waals surface area contributed by atoms with Gasteiger partial charge < -0.3 is 19.7 Å². The zero-order chi connectivity index (χ0) is 16.8. The molecule has 24 heavy (non-hydrogen) atoms. The van der Waals surface area contributed by atoms with E-state index in [-0.39, 0.29) is 0 Å². The molecule has 2 aromatic rings. The number of hydrogen-bond donors (Lipinski definition) is 1. The number of ether oxygens (including phenoxy) is 2. The van der Waals surface area contributed by atoms with Crippen LogP contribution in [0.25, 0.3) is 0 Å². The molecule has 0 spiro atoms. The first-order valence-electron chi connectivity index (χ1n) is 8.30. The van der Waals surface area contributed by atoms with Gasteiger partial charge in [-0.25, -0.2) is 9.97 Å². The SMILES string of the molecule is COc1cccc(CCNc2cc(N3CCOCC3)nc(C)n2)c1. The van der Waals surface area contributed by atoms with E-state index in [0.717, 1.165) is 62.5 Å². The maximum atomic E-state index is 5.40. The van der Waals surface area contributed by atoms with Crippen molar-refractivity contribution in [1.82, 2.24) is 9.97 Å². The molecule has 0 amide bonds. The fourth-order valence-corrected chi connectivity index (χ4v) is 2.76. The molecule has 3 rings (SSSR count). The Balaban J connectivity index is 1.61. The minimum absolute atomic E-state index is 0.752. The summed E-state index contributed by atoms with van der Waals surface area (Å²) in [7, 11) is 1.69. The van der Waals surface area contributed by atoms with Crippen LogP contribution in [0.2, 0.25) is 0 Å². The van der Waals surface area contributed by atoms with E-state index < -0.39 is 0 Å². The normalized spacial score (nSPS) is 14.5. The predicted octanol–water partition coefficient (Wildman–Crippen LogP) is 2.28. The van der Waals surface area contributed by atoms with E-state index in [1.165, 1.54) is 5.56 Å². The van der Waals surface area contributed by atoms with Crippen molar-refractivity contribution in [3.8, 4) is 5.75 Å². The lowest BCUT2D eigenvalue weighted by Gasteiger charge is -2.28. The number of nitrogens with zero attached hydrogens (tertiary/aromatic N) is 3. The third-order valence-electron chi connectivity index (χ3n) is 4.01. The van der Waals surface area contributed by atoms with Crippen LogP contribution in [0, 0.1) is 6.92 Å². The van der Waals surface area contributed by atoms with Crippen LogP contribution in [0.15, 0.2) is 30.3 Å². The van der Waals surface area contributed by atoms with Gasteiger partial charge in [0.1, 0.15) is 23.2 Å². The fraction of sp³-hybridized carbons (Fsp3) is 0.444. The lowest BCUT2D eigenvalue weighted by Crippen LogP contribution is -2.37. The van der Waals surface area contributed by atoms with Crippen molar-refractivity contribution in [3.63, 3.8) is 0 Å². The fourth-order valence-electron chi connectivity index (χ4n) is 2.76. The number of anilines is 2. The molecule has 6 heteroatoms. The number of nitrogens with one attached hydrogen (secondary N) is 1. The standard InChI is InChI=1S/C18H24N4O2/c1-14-20-17(13-18(21-14)22-8-10-24-11-9-22)19-7-6-15-4-3-5-16(12-15)23-2/h3-5,12-13H,6-11H2,1-2H3,(H,19,20,21). The van der Waals surface area contributed by atoms with Crippen LogP contribution >= 0.6 is 0 Å². The van der Waals surface area contributed by atoms with Crippen molar-refractivity contribution in [2.45, 2.75) is 13.3 Å². The lowest BCUT2D eigenvalue weighted by molar-refractivity contribution is 0.122. The second-order valence-electron chi connectivity index (χ2n) is 5.79. The van der Waals surface area contributed by atoms with Gasteiger partial charge in [0.25, 0.3) is 0 Å². The van der Waals surface area contributed by atoms with E-state index >= 15 is 0 Å². The zero-order valence-electron chi connectivity index (χ0n) is 14.3. The van der Waals surface area contributed by atoms with Gasteiger partial charge in [-0.3, -0.25) is 0 Å². The lowest BCUT2D eigenvalue weighted by atomic mass is 10.1. The molecule has 0 aliphatic carbocycles. The summed E-state index contributed by atoms with van der Waals surface area (Å²) in [5.74, 6) is 3.50. The molecular weight excluding hydrogens is 304 g/mol. The minimum atomic E-state index is 0.752. The predicted molar refractivity (Wildman–Crippen MR) is 95.0 cm³/mol. The summed E-state index contributed by atoms with van der Waals surface area (Å²) < 4.78 is 10.7. The first-order chi connectivity index (χ1) is 11.7. The maximum absolute atomic E-state index is 5.40. The summed E-state index contributed by atoms with van der Waals surface area (Å²) in [4.78, 5) is 11.3. The Hall–Kier alpha value is -2.34. The second kappa shape index (κ2) is 7.97. The molecule has 2 heterocycles. The molecule has 1 aliphatic rings. The Labute approximate surface area is 142 Å². The topological polar surface area (TPSA) is 59.5 Å². The van der Waals surface area contributed by atoms with Crippen LogP contribution in [-0.4, -0.2) is 49.9 Å². The average molecular weight is 328 g/mol. The minimum Gasteiger partial charge on any atom is -0.497 e. The highest BCUT2D eigenvalue weighted by Crippen LogP contribution is 2.18. The molecule has 0 unspecified atom stereocenters. The van der Waals surface area contributed by atoms with Gasteiger partial charge >= 0.3 is 0 Å². The Kier molecular flexibility index (Phi) is 5.48. The van der Waals surface area contributed by atoms with Crippen LogP contribution in [-0.2, 0) is 11.2 Å². The maximum Gasteiger partial charge on any atom is 0.134 e. The monoisotopic (exact) mass is 328 g/mol. The number of hydrogen-bond acceptors (Lipinski definition) is 6. The summed E-state index contributed by atoms with van der Waals surface area (Å²) in [6, 6.07) is 10.2. The summed E-state index contributed by atoms with van der Waals surface area (Å²) in [6.07, 6.45) is 0.910. The van der Waals surface area contributed by atoms with Crippen LogP contribution in [0.3, 0.4) is 0 Å². The number of methoxy groups -OCH3 is 1. The molecule has 0 radical (unpaired) electrons. The number of rotatable bonds is 6. The summed E-state index contributed by atoms with van der Waals surface area (Å²) in [5, 5.41) is 3.40. The van der Waals surface area contributed by atoms with Gasteiger partial charge in [-0.05, 0) is 31.0 Å². The summed E-state index contributed by atoms with van der Waals surface area (Å²) in [6.45, 7) is 5.99. The number of morpholine rings is 1. The molecule has 1 aromatic carbocycles. The van der Waals surface area contributed by atoms with Gasteiger partial charge in [-0.1, -0.05) is 12.1 Å².